The lowest BCUT2D eigenvalue weighted by Crippen LogP contribution is -2.43. The van der Waals surface area contributed by atoms with Gasteiger partial charge in [0.15, 0.2) is 0 Å². The Bertz CT molecular complexity index is 425. The zero-order chi connectivity index (χ0) is 15.2. The van der Waals surface area contributed by atoms with Crippen LogP contribution in [0.5, 0.6) is 0 Å². The summed E-state index contributed by atoms with van der Waals surface area (Å²) < 4.78 is 0. The first-order chi connectivity index (χ1) is 10.1. The first-order valence-corrected chi connectivity index (χ1v) is 8.64. The molecule has 4 nitrogen and oxygen atoms in total. The molecular weight excluding hydrogens is 282 g/mol. The van der Waals surface area contributed by atoms with E-state index < -0.39 is 0 Å². The fourth-order valence-corrected chi connectivity index (χ4v) is 3.95. The van der Waals surface area contributed by atoms with Gasteiger partial charge in [-0.2, -0.15) is 0 Å². The van der Waals surface area contributed by atoms with Gasteiger partial charge in [0.2, 0.25) is 5.91 Å². The molecule has 0 unspecified atom stereocenters. The number of amides is 1. The number of nitrogens with zero attached hydrogens (tertiary/aromatic N) is 1. The molecule has 0 radical (unpaired) electrons. The molecule has 0 aliphatic heterocycles. The van der Waals surface area contributed by atoms with Gasteiger partial charge in [-0.25, -0.2) is 0 Å². The molecule has 1 saturated carbocycles. The Morgan fingerprint density at radius 3 is 2.52 bits per heavy atom. The second-order valence-electron chi connectivity index (χ2n) is 6.15. The fourth-order valence-electron chi connectivity index (χ4n) is 3.03. The average Bonchev–Trinajstić information content (AvgIpc) is 2.94. The van der Waals surface area contributed by atoms with Crippen LogP contribution in [-0.4, -0.2) is 43.5 Å². The van der Waals surface area contributed by atoms with Gasteiger partial charge >= 0.3 is 0 Å². The topological polar surface area (TPSA) is 44.4 Å². The van der Waals surface area contributed by atoms with Crippen molar-refractivity contribution in [2.45, 2.75) is 50.7 Å². The van der Waals surface area contributed by atoms with Gasteiger partial charge in [0.05, 0.1) is 6.04 Å². The predicted molar refractivity (Wildman–Crippen MR) is 88.6 cm³/mol. The first kappa shape index (κ1) is 16.5. The lowest BCUT2D eigenvalue weighted by Gasteiger charge is -2.32. The van der Waals surface area contributed by atoms with Crippen molar-refractivity contribution in [1.29, 1.82) is 0 Å². The number of thiophene rings is 1. The molecule has 0 saturated heterocycles. The predicted octanol–water partition coefficient (Wildman–Crippen LogP) is 2.39. The van der Waals surface area contributed by atoms with Gasteiger partial charge in [0.1, 0.15) is 0 Å². The summed E-state index contributed by atoms with van der Waals surface area (Å²) in [6, 6.07) is 5.73. The number of hydrogen-bond donors (Lipinski definition) is 2. The highest BCUT2D eigenvalue weighted by molar-refractivity contribution is 7.10. The Balaban J connectivity index is 1.77. The Kier molecular flexibility index (Phi) is 6.21. The van der Waals surface area contributed by atoms with Crippen LogP contribution in [0.15, 0.2) is 17.5 Å². The highest BCUT2D eigenvalue weighted by atomic mass is 32.1. The molecule has 1 fully saturated rings. The Morgan fingerprint density at radius 1 is 1.33 bits per heavy atom. The zero-order valence-corrected chi connectivity index (χ0v) is 14.1. The molecule has 1 aliphatic rings. The standard InChI is InChI=1S/C16H27N3OS/c1-12(20)18-14-8-6-13(7-9-14)17-11-15(19(2)3)16-5-4-10-21-16/h4-5,10,13-15,17H,6-9,11H2,1-3H3,(H,18,20)/t13?,14?,15-/m0/s1. The summed E-state index contributed by atoms with van der Waals surface area (Å²) in [5, 5.41) is 8.90. The summed E-state index contributed by atoms with van der Waals surface area (Å²) in [5.74, 6) is 0.0942. The minimum atomic E-state index is 0.0942. The summed E-state index contributed by atoms with van der Waals surface area (Å²) in [4.78, 5) is 14.8. The lowest BCUT2D eigenvalue weighted by atomic mass is 9.91. The van der Waals surface area contributed by atoms with Crippen LogP contribution in [0.4, 0.5) is 0 Å². The molecular formula is C16H27N3OS. The Hall–Kier alpha value is -0.910. The van der Waals surface area contributed by atoms with Crippen molar-refractivity contribution in [3.63, 3.8) is 0 Å². The number of carbonyl (C=O) groups is 1. The van der Waals surface area contributed by atoms with Gasteiger partial charge in [-0.1, -0.05) is 6.07 Å². The molecule has 1 amide bonds. The average molecular weight is 309 g/mol. The minimum Gasteiger partial charge on any atom is -0.354 e. The van der Waals surface area contributed by atoms with E-state index >= 15 is 0 Å². The molecule has 5 heteroatoms. The fraction of sp³-hybridized carbons (Fsp3) is 0.688. The highest BCUT2D eigenvalue weighted by Gasteiger charge is 2.23. The van der Waals surface area contributed by atoms with Gasteiger partial charge in [0.25, 0.3) is 0 Å². The van der Waals surface area contributed by atoms with Crippen molar-refractivity contribution in [3.05, 3.63) is 22.4 Å². The minimum absolute atomic E-state index is 0.0942. The largest absolute Gasteiger partial charge is 0.354 e. The van der Waals surface area contributed by atoms with Crippen LogP contribution >= 0.6 is 11.3 Å². The number of carbonyl (C=O) groups excluding carboxylic acids is 1. The second-order valence-corrected chi connectivity index (χ2v) is 7.13. The van der Waals surface area contributed by atoms with E-state index in [1.54, 1.807) is 6.92 Å². The maximum Gasteiger partial charge on any atom is 0.217 e. The molecule has 21 heavy (non-hydrogen) atoms. The number of rotatable bonds is 6. The molecule has 1 heterocycles. The van der Waals surface area contributed by atoms with Crippen LogP contribution in [0.3, 0.4) is 0 Å². The van der Waals surface area contributed by atoms with Crippen LogP contribution in [0.1, 0.15) is 43.5 Å². The van der Waals surface area contributed by atoms with Crippen LogP contribution in [-0.2, 0) is 4.79 Å². The van der Waals surface area contributed by atoms with Crippen molar-refractivity contribution in [1.82, 2.24) is 15.5 Å². The summed E-state index contributed by atoms with van der Waals surface area (Å²) in [6.45, 7) is 2.59. The number of hydrogen-bond acceptors (Lipinski definition) is 4. The van der Waals surface area contributed by atoms with E-state index in [2.05, 4.69) is 47.1 Å². The van der Waals surface area contributed by atoms with E-state index in [0.717, 1.165) is 32.2 Å². The summed E-state index contributed by atoms with van der Waals surface area (Å²) in [5.41, 5.74) is 0. The van der Waals surface area contributed by atoms with E-state index in [4.69, 9.17) is 0 Å². The molecule has 0 bridgehead atoms. The Labute approximate surface area is 131 Å². The summed E-state index contributed by atoms with van der Waals surface area (Å²) in [6.07, 6.45) is 4.47. The van der Waals surface area contributed by atoms with E-state index in [9.17, 15) is 4.79 Å². The van der Waals surface area contributed by atoms with E-state index in [-0.39, 0.29) is 5.91 Å². The van der Waals surface area contributed by atoms with E-state index in [0.29, 0.717) is 18.1 Å². The van der Waals surface area contributed by atoms with Crippen molar-refractivity contribution in [2.24, 2.45) is 0 Å². The molecule has 0 aromatic carbocycles. The molecule has 2 N–H and O–H groups in total. The number of likely N-dealkylation sites (N-methyl/N-ethyl adjacent to an activating group) is 1. The third-order valence-corrected chi connectivity index (χ3v) is 5.20. The lowest BCUT2D eigenvalue weighted by molar-refractivity contribution is -0.119. The molecule has 1 aromatic heterocycles. The van der Waals surface area contributed by atoms with Crippen LogP contribution in [0.2, 0.25) is 0 Å². The third-order valence-electron chi connectivity index (χ3n) is 4.23. The maximum absolute atomic E-state index is 11.1. The summed E-state index contributed by atoms with van der Waals surface area (Å²) in [7, 11) is 4.28. The van der Waals surface area contributed by atoms with Crippen molar-refractivity contribution in [2.75, 3.05) is 20.6 Å². The first-order valence-electron chi connectivity index (χ1n) is 7.76. The highest BCUT2D eigenvalue weighted by Crippen LogP contribution is 2.24. The van der Waals surface area contributed by atoms with Crippen molar-refractivity contribution in [3.8, 4) is 0 Å². The van der Waals surface area contributed by atoms with Gasteiger partial charge < -0.3 is 15.5 Å². The van der Waals surface area contributed by atoms with Gasteiger partial charge in [-0.15, -0.1) is 11.3 Å². The number of nitrogens with one attached hydrogen (secondary N) is 2. The SMILES string of the molecule is CC(=O)NC1CCC(NC[C@@H](c2cccs2)N(C)C)CC1. The van der Waals surface area contributed by atoms with Crippen molar-refractivity contribution >= 4 is 17.2 Å². The van der Waals surface area contributed by atoms with Crippen LogP contribution in [0, 0.1) is 0 Å². The van der Waals surface area contributed by atoms with E-state index in [1.165, 1.54) is 4.88 Å². The smallest absolute Gasteiger partial charge is 0.217 e. The molecule has 0 spiro atoms. The third kappa shape index (κ3) is 5.09. The van der Waals surface area contributed by atoms with E-state index in [1.807, 2.05) is 11.3 Å². The van der Waals surface area contributed by atoms with Crippen molar-refractivity contribution < 1.29 is 4.79 Å². The molecule has 118 valence electrons. The monoisotopic (exact) mass is 309 g/mol. The molecule has 1 aromatic rings. The Morgan fingerprint density at radius 2 is 2.00 bits per heavy atom. The maximum atomic E-state index is 11.1. The molecule has 2 rings (SSSR count). The van der Waals surface area contributed by atoms with Crippen LogP contribution < -0.4 is 10.6 Å². The van der Waals surface area contributed by atoms with Gasteiger partial charge in [-0.05, 0) is 51.2 Å². The normalized spacial score (nSPS) is 24.0. The summed E-state index contributed by atoms with van der Waals surface area (Å²) >= 11 is 1.82. The molecule has 1 atom stereocenters. The molecule has 1 aliphatic carbocycles. The second kappa shape index (κ2) is 7.92. The zero-order valence-electron chi connectivity index (χ0n) is 13.3. The van der Waals surface area contributed by atoms with Gasteiger partial charge in [0, 0.05) is 30.4 Å². The van der Waals surface area contributed by atoms with Crippen LogP contribution in [0.25, 0.3) is 0 Å². The van der Waals surface area contributed by atoms with Gasteiger partial charge in [-0.3, -0.25) is 4.79 Å². The quantitative estimate of drug-likeness (QED) is 0.848.